The number of allylic oxidation sites excluding steroid dienone is 1. The number of carbonyl (C=O) groups is 3. The Kier molecular flexibility index (Phi) is 4.81. The summed E-state index contributed by atoms with van der Waals surface area (Å²) in [5.74, 6) is -5.37. The van der Waals surface area contributed by atoms with Crippen LogP contribution in [0.1, 0.15) is 36.5 Å². The van der Waals surface area contributed by atoms with Gasteiger partial charge < -0.3 is 20.4 Å². The molecule has 0 spiro atoms. The number of aliphatic hydroxyl groups excluding tert-OH is 2. The average Bonchev–Trinajstić information content (AvgIpc) is 2.77. The Labute approximate surface area is 195 Å². The van der Waals surface area contributed by atoms with E-state index in [4.69, 9.17) is 0 Å². The highest BCUT2D eigenvalue weighted by Gasteiger charge is 2.60. The van der Waals surface area contributed by atoms with Crippen LogP contribution in [0.25, 0.3) is 16.9 Å². The quantitative estimate of drug-likeness (QED) is 0.504. The van der Waals surface area contributed by atoms with Crippen LogP contribution in [0.4, 0.5) is 0 Å². The number of carbonyl (C=O) groups excluding carboxylic acids is 3. The molecule has 3 atom stereocenters. The van der Waals surface area contributed by atoms with Crippen molar-refractivity contribution in [2.24, 2.45) is 11.8 Å². The Morgan fingerprint density at radius 3 is 2.32 bits per heavy atom. The van der Waals surface area contributed by atoms with Gasteiger partial charge in [0.15, 0.2) is 17.2 Å². The first-order valence-electron chi connectivity index (χ1n) is 11.2. The Bertz CT molecular complexity index is 1350. The van der Waals surface area contributed by atoms with Crippen LogP contribution in [0.5, 0.6) is 5.75 Å². The molecule has 2 aromatic rings. The van der Waals surface area contributed by atoms with Gasteiger partial charge in [-0.2, -0.15) is 0 Å². The summed E-state index contributed by atoms with van der Waals surface area (Å²) in [6, 6.07) is 11.0. The molecular formula is C27H24O7. The number of benzene rings is 2. The van der Waals surface area contributed by atoms with E-state index in [1.807, 2.05) is 31.2 Å². The van der Waals surface area contributed by atoms with Gasteiger partial charge in [0.1, 0.15) is 22.8 Å². The Hall–Kier alpha value is -3.71. The van der Waals surface area contributed by atoms with Gasteiger partial charge in [-0.15, -0.1) is 0 Å². The summed E-state index contributed by atoms with van der Waals surface area (Å²) in [7, 11) is 0. The molecule has 0 aromatic heterocycles. The van der Waals surface area contributed by atoms with Gasteiger partial charge in [-0.05, 0) is 55.4 Å². The van der Waals surface area contributed by atoms with Crippen molar-refractivity contribution in [2.45, 2.75) is 38.7 Å². The smallest absolute Gasteiger partial charge is 0.202 e. The van der Waals surface area contributed by atoms with Crippen molar-refractivity contribution in [1.29, 1.82) is 0 Å². The lowest BCUT2D eigenvalue weighted by molar-refractivity contribution is -0.147. The molecule has 0 aliphatic heterocycles. The van der Waals surface area contributed by atoms with Crippen molar-refractivity contribution in [1.82, 2.24) is 0 Å². The zero-order valence-corrected chi connectivity index (χ0v) is 18.8. The molecule has 5 rings (SSSR count). The summed E-state index contributed by atoms with van der Waals surface area (Å²) in [6.07, 6.45) is 0.178. The van der Waals surface area contributed by atoms with E-state index in [-0.39, 0.29) is 29.7 Å². The lowest BCUT2D eigenvalue weighted by Gasteiger charge is -2.46. The fraction of sp³-hybridized carbons (Fsp3) is 0.296. The van der Waals surface area contributed by atoms with Gasteiger partial charge >= 0.3 is 0 Å². The number of hydrogen-bond acceptors (Lipinski definition) is 7. The topological polar surface area (TPSA) is 132 Å². The first-order chi connectivity index (χ1) is 16.1. The SMILES string of the molecule is CC(=O)C1=C(O)C2(O)C(=O)C3=C(O)c4c(O)ccc(-c5ccc(C)cc5)c4CC3CC2CC1=O. The maximum atomic E-state index is 13.6. The maximum absolute atomic E-state index is 13.6. The predicted octanol–water partition coefficient (Wildman–Crippen LogP) is 3.50. The molecule has 7 heteroatoms. The number of ketones is 3. The number of aryl methyl sites for hydroxylation is 1. The number of hydrogen-bond donors (Lipinski definition) is 4. The van der Waals surface area contributed by atoms with E-state index in [2.05, 4.69) is 0 Å². The van der Waals surface area contributed by atoms with Crippen molar-refractivity contribution < 1.29 is 34.8 Å². The molecule has 174 valence electrons. The molecule has 0 radical (unpaired) electrons. The molecule has 4 N–H and O–H groups in total. The summed E-state index contributed by atoms with van der Waals surface area (Å²) in [4.78, 5) is 38.0. The second-order valence-electron chi connectivity index (χ2n) is 9.45. The Morgan fingerprint density at radius 2 is 1.68 bits per heavy atom. The summed E-state index contributed by atoms with van der Waals surface area (Å²) in [6.45, 7) is 3.06. The number of aromatic hydroxyl groups is 1. The molecular weight excluding hydrogens is 436 g/mol. The molecule has 3 unspecified atom stereocenters. The van der Waals surface area contributed by atoms with Crippen LogP contribution in [0, 0.1) is 18.8 Å². The minimum atomic E-state index is -2.48. The molecule has 0 amide bonds. The van der Waals surface area contributed by atoms with Gasteiger partial charge in [0.05, 0.1) is 5.56 Å². The van der Waals surface area contributed by atoms with Crippen molar-refractivity contribution in [3.05, 3.63) is 70.0 Å². The molecule has 7 nitrogen and oxygen atoms in total. The van der Waals surface area contributed by atoms with Crippen LogP contribution in [-0.2, 0) is 20.8 Å². The van der Waals surface area contributed by atoms with Gasteiger partial charge in [-0.3, -0.25) is 14.4 Å². The van der Waals surface area contributed by atoms with E-state index in [1.54, 1.807) is 6.07 Å². The lowest BCUT2D eigenvalue weighted by Crippen LogP contribution is -2.57. The first-order valence-corrected chi connectivity index (χ1v) is 11.2. The molecule has 0 bridgehead atoms. The Morgan fingerprint density at radius 1 is 1.00 bits per heavy atom. The fourth-order valence-electron chi connectivity index (χ4n) is 5.73. The van der Waals surface area contributed by atoms with Crippen LogP contribution in [0.2, 0.25) is 0 Å². The third-order valence-electron chi connectivity index (χ3n) is 7.42. The summed E-state index contributed by atoms with van der Waals surface area (Å²) < 4.78 is 0. The number of phenols is 1. The second kappa shape index (κ2) is 7.40. The monoisotopic (exact) mass is 460 g/mol. The number of Topliss-reactive ketones (excluding diaryl/α,β-unsaturated/α-hetero) is 3. The standard InChI is InChI=1S/C27H24O7/c1-12-3-5-14(6-4-12)17-7-8-19(29)23-18(17)10-15-9-16-11-20(30)21(13(2)28)25(32)27(16,34)26(33)22(15)24(23)31/h3-8,15-16,29,31-32,34H,9-11H2,1-2H3. The number of rotatable bonds is 2. The predicted molar refractivity (Wildman–Crippen MR) is 123 cm³/mol. The second-order valence-corrected chi connectivity index (χ2v) is 9.45. The van der Waals surface area contributed by atoms with Gasteiger partial charge in [-0.25, -0.2) is 0 Å². The normalized spacial score (nSPS) is 26.2. The van der Waals surface area contributed by atoms with Gasteiger partial charge in [0.2, 0.25) is 5.78 Å². The van der Waals surface area contributed by atoms with E-state index >= 15 is 0 Å². The van der Waals surface area contributed by atoms with Crippen LogP contribution >= 0.6 is 0 Å². The highest BCUT2D eigenvalue weighted by molar-refractivity contribution is 6.23. The number of aliphatic hydroxyl groups is 3. The van der Waals surface area contributed by atoms with Gasteiger partial charge in [0, 0.05) is 17.9 Å². The lowest BCUT2D eigenvalue weighted by atomic mass is 9.59. The van der Waals surface area contributed by atoms with Crippen molar-refractivity contribution in [3.63, 3.8) is 0 Å². The highest BCUT2D eigenvalue weighted by atomic mass is 16.3. The molecule has 34 heavy (non-hydrogen) atoms. The molecule has 2 aromatic carbocycles. The number of fused-ring (bicyclic) bond motifs is 3. The zero-order chi connectivity index (χ0) is 24.5. The molecule has 3 aliphatic rings. The van der Waals surface area contributed by atoms with E-state index in [0.717, 1.165) is 23.6 Å². The van der Waals surface area contributed by atoms with Gasteiger partial charge in [-0.1, -0.05) is 35.9 Å². The zero-order valence-electron chi connectivity index (χ0n) is 18.8. The van der Waals surface area contributed by atoms with Crippen LogP contribution in [0.15, 0.2) is 53.3 Å². The average molecular weight is 460 g/mol. The van der Waals surface area contributed by atoms with Crippen molar-refractivity contribution >= 4 is 23.1 Å². The van der Waals surface area contributed by atoms with Crippen LogP contribution in [0.3, 0.4) is 0 Å². The van der Waals surface area contributed by atoms with E-state index in [9.17, 15) is 34.8 Å². The van der Waals surface area contributed by atoms with Crippen molar-refractivity contribution in [2.75, 3.05) is 0 Å². The van der Waals surface area contributed by atoms with E-state index in [0.29, 0.717) is 12.0 Å². The number of phenolic OH excluding ortho intramolecular Hbond substituents is 1. The molecule has 0 heterocycles. The van der Waals surface area contributed by atoms with Gasteiger partial charge in [0.25, 0.3) is 0 Å². The van der Waals surface area contributed by atoms with Crippen LogP contribution < -0.4 is 0 Å². The molecule has 1 saturated carbocycles. The van der Waals surface area contributed by atoms with E-state index < -0.39 is 51.9 Å². The summed E-state index contributed by atoms with van der Waals surface area (Å²) in [5, 5.41) is 43.8. The third kappa shape index (κ3) is 2.90. The summed E-state index contributed by atoms with van der Waals surface area (Å²) in [5.41, 5.74) is 0.387. The molecule has 1 fully saturated rings. The molecule has 3 aliphatic carbocycles. The summed E-state index contributed by atoms with van der Waals surface area (Å²) >= 11 is 0. The first kappa shape index (κ1) is 22.1. The highest BCUT2D eigenvalue weighted by Crippen LogP contribution is 2.53. The maximum Gasteiger partial charge on any atom is 0.202 e. The van der Waals surface area contributed by atoms with Crippen molar-refractivity contribution in [3.8, 4) is 16.9 Å². The third-order valence-corrected chi connectivity index (χ3v) is 7.42. The Balaban J connectivity index is 1.70. The minimum absolute atomic E-state index is 0.105. The van der Waals surface area contributed by atoms with E-state index in [1.165, 1.54) is 6.07 Å². The fourth-order valence-corrected chi connectivity index (χ4v) is 5.73. The largest absolute Gasteiger partial charge is 0.508 e. The molecule has 0 saturated heterocycles. The minimum Gasteiger partial charge on any atom is -0.508 e. The van der Waals surface area contributed by atoms with Crippen LogP contribution in [-0.4, -0.2) is 43.4 Å².